The van der Waals surface area contributed by atoms with Gasteiger partial charge in [-0.25, -0.2) is 9.18 Å². The van der Waals surface area contributed by atoms with Crippen LogP contribution >= 0.6 is 0 Å². The van der Waals surface area contributed by atoms with Crippen molar-refractivity contribution in [1.82, 2.24) is 10.2 Å². The lowest BCUT2D eigenvalue weighted by atomic mass is 10.1. The van der Waals surface area contributed by atoms with Crippen molar-refractivity contribution in [2.24, 2.45) is 5.73 Å². The van der Waals surface area contributed by atoms with E-state index >= 15 is 0 Å². The molecule has 21 heavy (non-hydrogen) atoms. The molecule has 0 bridgehead atoms. The van der Waals surface area contributed by atoms with E-state index in [0.717, 1.165) is 4.90 Å². The summed E-state index contributed by atoms with van der Waals surface area (Å²) < 4.78 is 14.0. The number of halogens is 1. The topological polar surface area (TPSA) is 75.4 Å². The maximum atomic E-state index is 14.0. The van der Waals surface area contributed by atoms with Gasteiger partial charge in [-0.05, 0) is 26.0 Å². The molecule has 3 N–H and O–H groups in total. The first-order valence-electron chi connectivity index (χ1n) is 6.46. The van der Waals surface area contributed by atoms with Crippen molar-refractivity contribution in [2.75, 3.05) is 6.54 Å². The van der Waals surface area contributed by atoms with Crippen LogP contribution in [0.1, 0.15) is 25.0 Å². The molecule has 1 aliphatic rings. The highest BCUT2D eigenvalue weighted by molar-refractivity contribution is 6.06. The highest BCUT2D eigenvalue weighted by Crippen LogP contribution is 2.20. The fourth-order valence-electron chi connectivity index (χ4n) is 2.04. The predicted octanol–water partition coefficient (Wildman–Crippen LogP) is 0.966. The molecule has 1 fully saturated rings. The van der Waals surface area contributed by atoms with Gasteiger partial charge in [-0.15, -0.1) is 0 Å². The number of benzene rings is 1. The monoisotopic (exact) mass is 289 g/mol. The number of hydrogen-bond donors (Lipinski definition) is 2. The molecular formula is C15H16FN3O2. The minimum atomic E-state index is -0.958. The van der Waals surface area contributed by atoms with Crippen LogP contribution in [-0.4, -0.2) is 28.9 Å². The van der Waals surface area contributed by atoms with Crippen molar-refractivity contribution in [2.45, 2.75) is 25.9 Å². The normalized spacial score (nSPS) is 16.5. The Balaban J connectivity index is 2.21. The van der Waals surface area contributed by atoms with E-state index in [2.05, 4.69) is 17.2 Å². The third-order valence-electron chi connectivity index (χ3n) is 3.16. The number of hydrogen-bond acceptors (Lipinski definition) is 3. The summed E-state index contributed by atoms with van der Waals surface area (Å²) in [6.45, 7) is 3.30. The van der Waals surface area contributed by atoms with Crippen LogP contribution in [0.4, 0.5) is 9.18 Å². The molecule has 0 saturated carbocycles. The lowest BCUT2D eigenvalue weighted by Gasteiger charge is -2.16. The van der Waals surface area contributed by atoms with Crippen LogP contribution in [0.2, 0.25) is 0 Å². The Morgan fingerprint density at radius 1 is 1.38 bits per heavy atom. The van der Waals surface area contributed by atoms with Crippen LogP contribution in [0.25, 0.3) is 0 Å². The van der Waals surface area contributed by atoms with E-state index in [1.807, 2.05) is 0 Å². The molecule has 1 aromatic rings. The number of urea groups is 1. The summed E-state index contributed by atoms with van der Waals surface area (Å²) >= 11 is 0. The lowest BCUT2D eigenvalue weighted by molar-refractivity contribution is -0.130. The van der Waals surface area contributed by atoms with Gasteiger partial charge in [0.1, 0.15) is 11.4 Å². The Bertz CT molecular complexity index is 659. The fourth-order valence-corrected chi connectivity index (χ4v) is 2.04. The van der Waals surface area contributed by atoms with E-state index in [1.165, 1.54) is 12.1 Å². The molecule has 1 aliphatic heterocycles. The molecule has 1 heterocycles. The number of nitrogens with two attached hydrogens (primary N) is 1. The summed E-state index contributed by atoms with van der Waals surface area (Å²) in [7, 11) is 0. The zero-order valence-corrected chi connectivity index (χ0v) is 11.9. The third kappa shape index (κ3) is 3.03. The van der Waals surface area contributed by atoms with Crippen molar-refractivity contribution in [3.63, 3.8) is 0 Å². The van der Waals surface area contributed by atoms with Crippen LogP contribution in [0, 0.1) is 17.7 Å². The Morgan fingerprint density at radius 2 is 2.10 bits per heavy atom. The van der Waals surface area contributed by atoms with Crippen molar-refractivity contribution < 1.29 is 14.0 Å². The Kier molecular flexibility index (Phi) is 3.96. The van der Waals surface area contributed by atoms with E-state index in [4.69, 9.17) is 5.73 Å². The lowest BCUT2D eigenvalue weighted by Crippen LogP contribution is -2.40. The third-order valence-corrected chi connectivity index (χ3v) is 3.16. The molecule has 5 nitrogen and oxygen atoms in total. The van der Waals surface area contributed by atoms with Crippen molar-refractivity contribution in [3.05, 3.63) is 35.1 Å². The SMILES string of the molecule is CC1(C)NC(=O)N(Cc2ccc(C#CCN)cc2F)C1=O. The van der Waals surface area contributed by atoms with Gasteiger partial charge in [0.2, 0.25) is 0 Å². The molecule has 1 aromatic carbocycles. The summed E-state index contributed by atoms with van der Waals surface area (Å²) in [5, 5.41) is 2.55. The fraction of sp³-hybridized carbons (Fsp3) is 0.333. The van der Waals surface area contributed by atoms with Crippen LogP contribution in [-0.2, 0) is 11.3 Å². The van der Waals surface area contributed by atoms with Gasteiger partial charge in [0.05, 0.1) is 13.1 Å². The summed E-state index contributed by atoms with van der Waals surface area (Å²) in [6, 6.07) is 3.89. The first kappa shape index (κ1) is 15.0. The zero-order valence-electron chi connectivity index (χ0n) is 11.9. The minimum absolute atomic E-state index is 0.107. The maximum Gasteiger partial charge on any atom is 0.325 e. The second-order valence-corrected chi connectivity index (χ2v) is 5.26. The standard InChI is InChI=1S/C15H16FN3O2/c1-15(2)13(20)19(14(21)18-15)9-11-6-5-10(4-3-7-17)8-12(11)16/h5-6,8H,7,9,17H2,1-2H3,(H,18,21). The molecule has 3 amide bonds. The summed E-state index contributed by atoms with van der Waals surface area (Å²) in [4.78, 5) is 24.8. The van der Waals surface area contributed by atoms with Gasteiger partial charge in [-0.2, -0.15) is 0 Å². The number of imide groups is 1. The Morgan fingerprint density at radius 3 is 2.62 bits per heavy atom. The summed E-state index contributed by atoms with van der Waals surface area (Å²) in [5.74, 6) is 4.47. The first-order valence-corrected chi connectivity index (χ1v) is 6.46. The van der Waals surface area contributed by atoms with E-state index in [-0.39, 0.29) is 24.6 Å². The maximum absolute atomic E-state index is 14.0. The largest absolute Gasteiger partial charge is 0.325 e. The molecule has 0 spiro atoms. The predicted molar refractivity (Wildman–Crippen MR) is 75.5 cm³/mol. The van der Waals surface area contributed by atoms with E-state index in [1.54, 1.807) is 19.9 Å². The average Bonchev–Trinajstić information content (AvgIpc) is 2.61. The van der Waals surface area contributed by atoms with Gasteiger partial charge in [0, 0.05) is 11.1 Å². The van der Waals surface area contributed by atoms with Gasteiger partial charge in [-0.3, -0.25) is 9.69 Å². The Hall–Kier alpha value is -2.39. The molecule has 110 valence electrons. The average molecular weight is 289 g/mol. The number of rotatable bonds is 2. The number of carbonyl (C=O) groups is 2. The molecule has 6 heteroatoms. The van der Waals surface area contributed by atoms with Crippen molar-refractivity contribution in [1.29, 1.82) is 0 Å². The van der Waals surface area contributed by atoms with E-state index in [0.29, 0.717) is 5.56 Å². The van der Waals surface area contributed by atoms with Crippen LogP contribution in [0.15, 0.2) is 18.2 Å². The summed E-state index contributed by atoms with van der Waals surface area (Å²) in [6.07, 6.45) is 0. The van der Waals surface area contributed by atoms with Crippen molar-refractivity contribution >= 4 is 11.9 Å². The van der Waals surface area contributed by atoms with E-state index < -0.39 is 17.4 Å². The molecule has 0 aromatic heterocycles. The number of nitrogens with zero attached hydrogens (tertiary/aromatic N) is 1. The quantitative estimate of drug-likeness (QED) is 0.629. The molecule has 0 aliphatic carbocycles. The minimum Gasteiger partial charge on any atom is -0.324 e. The molecule has 1 saturated heterocycles. The van der Waals surface area contributed by atoms with Gasteiger partial charge >= 0.3 is 6.03 Å². The van der Waals surface area contributed by atoms with Gasteiger partial charge in [0.25, 0.3) is 5.91 Å². The smallest absolute Gasteiger partial charge is 0.324 e. The number of amides is 3. The number of carbonyl (C=O) groups excluding carboxylic acids is 2. The first-order chi connectivity index (χ1) is 9.85. The highest BCUT2D eigenvalue weighted by atomic mass is 19.1. The molecular weight excluding hydrogens is 273 g/mol. The van der Waals surface area contributed by atoms with Crippen LogP contribution < -0.4 is 11.1 Å². The molecule has 0 unspecified atom stereocenters. The molecule has 0 atom stereocenters. The van der Waals surface area contributed by atoms with Crippen LogP contribution in [0.3, 0.4) is 0 Å². The second kappa shape index (κ2) is 5.54. The summed E-state index contributed by atoms with van der Waals surface area (Å²) in [5.41, 5.74) is 5.05. The van der Waals surface area contributed by atoms with E-state index in [9.17, 15) is 14.0 Å². The van der Waals surface area contributed by atoms with Gasteiger partial charge in [-0.1, -0.05) is 17.9 Å². The highest BCUT2D eigenvalue weighted by Gasteiger charge is 2.44. The second-order valence-electron chi connectivity index (χ2n) is 5.26. The van der Waals surface area contributed by atoms with Gasteiger partial charge < -0.3 is 11.1 Å². The van der Waals surface area contributed by atoms with Crippen LogP contribution in [0.5, 0.6) is 0 Å². The molecule has 2 rings (SSSR count). The zero-order chi connectivity index (χ0) is 15.6. The van der Waals surface area contributed by atoms with Gasteiger partial charge in [0.15, 0.2) is 0 Å². The molecule has 0 radical (unpaired) electrons. The Labute approximate surface area is 122 Å². The number of nitrogens with one attached hydrogen (secondary N) is 1. The van der Waals surface area contributed by atoms with Crippen molar-refractivity contribution in [3.8, 4) is 11.8 Å².